The SMILES string of the molecule is Cc1ccc2cnn(-c3ccc(F)cc3)c2c1.Cn1ncc(S(=O)N2CC3C(C2)C3c2cccc(C(F)(F)F)c2)n1. The lowest BCUT2D eigenvalue weighted by Gasteiger charge is -2.17. The number of hydrogen-bond acceptors (Lipinski definition) is 4. The molecule has 3 atom stereocenters. The minimum atomic E-state index is -4.32. The fourth-order valence-corrected chi connectivity index (χ4v) is 6.70. The zero-order chi connectivity index (χ0) is 28.9. The quantitative estimate of drug-likeness (QED) is 0.256. The first-order valence-electron chi connectivity index (χ1n) is 13.0. The van der Waals surface area contributed by atoms with Crippen LogP contribution in [0.15, 0.2) is 84.1 Å². The smallest absolute Gasteiger partial charge is 0.236 e. The number of hydrogen-bond donors (Lipinski definition) is 0. The van der Waals surface area contributed by atoms with Crippen LogP contribution in [0, 0.1) is 24.6 Å². The van der Waals surface area contributed by atoms with Crippen LogP contribution in [0.25, 0.3) is 16.6 Å². The van der Waals surface area contributed by atoms with Crippen LogP contribution >= 0.6 is 0 Å². The first-order chi connectivity index (χ1) is 19.6. The molecule has 41 heavy (non-hydrogen) atoms. The predicted octanol–water partition coefficient (Wildman–Crippen LogP) is 5.67. The Balaban J connectivity index is 0.000000156. The van der Waals surface area contributed by atoms with E-state index in [0.29, 0.717) is 18.1 Å². The molecule has 2 fully saturated rings. The van der Waals surface area contributed by atoms with Gasteiger partial charge in [0.2, 0.25) is 0 Å². The second-order valence-electron chi connectivity index (χ2n) is 10.3. The molecule has 212 valence electrons. The second-order valence-corrected chi connectivity index (χ2v) is 11.8. The summed E-state index contributed by atoms with van der Waals surface area (Å²) in [4.78, 5) is 1.36. The minimum Gasteiger partial charge on any atom is -0.236 e. The van der Waals surface area contributed by atoms with E-state index >= 15 is 0 Å². The summed E-state index contributed by atoms with van der Waals surface area (Å²) < 4.78 is 67.5. The molecule has 0 N–H and O–H groups in total. The normalized spacial score (nSPS) is 20.9. The van der Waals surface area contributed by atoms with Crippen molar-refractivity contribution < 1.29 is 21.8 Å². The number of aryl methyl sites for hydroxylation is 2. The monoisotopic (exact) mass is 582 g/mol. The standard InChI is InChI=1S/C15H15F3N4OS.C14H11FN2/c1-21-19-6-13(20-21)24(23)22-7-11-12(8-22)14(11)9-3-2-4-10(5-9)15(16,17)18;1-10-2-3-11-9-16-17(14(11)8-10)13-6-4-12(15)5-7-13/h2-6,11-12,14H,7-8H2,1H3;2-9H,1H3. The van der Waals surface area contributed by atoms with E-state index in [1.54, 1.807) is 25.2 Å². The molecule has 1 saturated heterocycles. The van der Waals surface area contributed by atoms with E-state index in [1.165, 1.54) is 40.8 Å². The molecular weight excluding hydrogens is 556 g/mol. The fourth-order valence-electron chi connectivity index (χ4n) is 5.50. The Morgan fingerprint density at radius 3 is 2.32 bits per heavy atom. The van der Waals surface area contributed by atoms with Gasteiger partial charge >= 0.3 is 6.18 Å². The van der Waals surface area contributed by atoms with Crippen LogP contribution in [-0.4, -0.2) is 46.4 Å². The zero-order valence-corrected chi connectivity index (χ0v) is 23.0. The molecule has 2 aromatic heterocycles. The van der Waals surface area contributed by atoms with Gasteiger partial charge in [-0.1, -0.05) is 30.3 Å². The van der Waals surface area contributed by atoms with Gasteiger partial charge in [0.05, 0.1) is 29.2 Å². The van der Waals surface area contributed by atoms with Crippen molar-refractivity contribution in [3.8, 4) is 5.69 Å². The Labute approximate surface area is 236 Å². The third kappa shape index (κ3) is 5.53. The van der Waals surface area contributed by atoms with Crippen LogP contribution in [0.1, 0.15) is 22.6 Å². The van der Waals surface area contributed by atoms with Gasteiger partial charge in [0.25, 0.3) is 0 Å². The Morgan fingerprint density at radius 2 is 1.66 bits per heavy atom. The third-order valence-electron chi connectivity index (χ3n) is 7.55. The van der Waals surface area contributed by atoms with E-state index in [2.05, 4.69) is 27.4 Å². The number of halogens is 4. The first-order valence-corrected chi connectivity index (χ1v) is 14.1. The molecule has 12 heteroatoms. The van der Waals surface area contributed by atoms with Crippen LogP contribution in [0.5, 0.6) is 0 Å². The summed E-state index contributed by atoms with van der Waals surface area (Å²) in [6.45, 7) is 3.25. The van der Waals surface area contributed by atoms with Gasteiger partial charge < -0.3 is 0 Å². The zero-order valence-electron chi connectivity index (χ0n) is 22.2. The van der Waals surface area contributed by atoms with Gasteiger partial charge in [0.15, 0.2) is 5.03 Å². The van der Waals surface area contributed by atoms with Crippen molar-refractivity contribution in [3.05, 3.63) is 102 Å². The van der Waals surface area contributed by atoms with E-state index in [9.17, 15) is 21.8 Å². The molecule has 2 aliphatic rings. The van der Waals surface area contributed by atoms with Crippen molar-refractivity contribution in [2.75, 3.05) is 13.1 Å². The maximum atomic E-state index is 12.9. The molecule has 1 aliphatic heterocycles. The van der Waals surface area contributed by atoms with Crippen LogP contribution in [-0.2, 0) is 24.2 Å². The van der Waals surface area contributed by atoms with Crippen molar-refractivity contribution in [3.63, 3.8) is 0 Å². The molecule has 0 radical (unpaired) electrons. The lowest BCUT2D eigenvalue weighted by Crippen LogP contribution is -2.27. The number of nitrogens with zero attached hydrogens (tertiary/aromatic N) is 6. The molecular formula is C29H26F4N6OS. The number of fused-ring (bicyclic) bond motifs is 2. The summed E-state index contributed by atoms with van der Waals surface area (Å²) in [6, 6.07) is 18.1. The number of piperidine rings is 1. The van der Waals surface area contributed by atoms with Gasteiger partial charge in [0, 0.05) is 25.5 Å². The van der Waals surface area contributed by atoms with Crippen molar-refractivity contribution >= 4 is 21.9 Å². The van der Waals surface area contributed by atoms with Crippen molar-refractivity contribution in [1.29, 1.82) is 0 Å². The van der Waals surface area contributed by atoms with E-state index in [1.807, 2.05) is 28.2 Å². The van der Waals surface area contributed by atoms with Crippen LogP contribution in [0.3, 0.4) is 0 Å². The summed E-state index contributed by atoms with van der Waals surface area (Å²) in [7, 11) is 0.299. The lowest BCUT2D eigenvalue weighted by molar-refractivity contribution is -0.137. The number of benzene rings is 3. The Hall–Kier alpha value is -3.90. The second kappa shape index (κ2) is 10.5. The van der Waals surface area contributed by atoms with Crippen LogP contribution in [0.4, 0.5) is 17.6 Å². The summed E-state index contributed by atoms with van der Waals surface area (Å²) in [5.41, 5.74) is 3.21. The topological polar surface area (TPSA) is 68.8 Å². The summed E-state index contributed by atoms with van der Waals surface area (Å²) in [6.07, 6.45) is -1.03. The van der Waals surface area contributed by atoms with Crippen LogP contribution in [0.2, 0.25) is 0 Å². The maximum absolute atomic E-state index is 12.9. The molecule has 3 aromatic carbocycles. The molecule has 7 rings (SSSR count). The van der Waals surface area contributed by atoms with E-state index < -0.39 is 22.7 Å². The van der Waals surface area contributed by atoms with Crippen molar-refractivity contribution in [2.24, 2.45) is 18.9 Å². The number of aromatic nitrogens is 5. The summed E-state index contributed by atoms with van der Waals surface area (Å²) >= 11 is 0. The molecule has 3 heterocycles. The van der Waals surface area contributed by atoms with E-state index in [0.717, 1.165) is 28.2 Å². The Kier molecular flexibility index (Phi) is 6.98. The van der Waals surface area contributed by atoms with Gasteiger partial charge in [-0.25, -0.2) is 17.6 Å². The largest absolute Gasteiger partial charge is 0.416 e. The van der Waals surface area contributed by atoms with Gasteiger partial charge in [0.1, 0.15) is 16.8 Å². The highest BCUT2D eigenvalue weighted by molar-refractivity contribution is 7.82. The molecule has 3 unspecified atom stereocenters. The molecule has 0 bridgehead atoms. The molecule has 7 nitrogen and oxygen atoms in total. The van der Waals surface area contributed by atoms with Gasteiger partial charge in [-0.15, -0.1) is 5.10 Å². The third-order valence-corrected chi connectivity index (χ3v) is 8.86. The molecule has 0 spiro atoms. The Morgan fingerprint density at radius 1 is 0.927 bits per heavy atom. The highest BCUT2D eigenvalue weighted by atomic mass is 32.2. The molecule has 5 aromatic rings. The van der Waals surface area contributed by atoms with E-state index in [4.69, 9.17) is 0 Å². The number of rotatable bonds is 4. The summed E-state index contributed by atoms with van der Waals surface area (Å²) in [5.74, 6) is 0.409. The predicted molar refractivity (Wildman–Crippen MR) is 146 cm³/mol. The number of alkyl halides is 3. The highest BCUT2D eigenvalue weighted by Crippen LogP contribution is 2.58. The van der Waals surface area contributed by atoms with Crippen molar-refractivity contribution in [1.82, 2.24) is 29.1 Å². The molecule has 1 aliphatic carbocycles. The average molecular weight is 583 g/mol. The minimum absolute atomic E-state index is 0.127. The van der Waals surface area contributed by atoms with Gasteiger partial charge in [-0.3, -0.25) is 0 Å². The van der Waals surface area contributed by atoms with Crippen LogP contribution < -0.4 is 0 Å². The molecule has 1 saturated carbocycles. The van der Waals surface area contributed by atoms with Crippen molar-refractivity contribution in [2.45, 2.75) is 24.0 Å². The molecule has 0 amide bonds. The van der Waals surface area contributed by atoms with E-state index in [-0.39, 0.29) is 23.6 Å². The van der Waals surface area contributed by atoms with Gasteiger partial charge in [-0.2, -0.15) is 28.2 Å². The lowest BCUT2D eigenvalue weighted by atomic mass is 10.0. The maximum Gasteiger partial charge on any atom is 0.416 e. The average Bonchev–Trinajstić information content (AvgIpc) is 3.34. The summed E-state index contributed by atoms with van der Waals surface area (Å²) in [5, 5.41) is 13.8. The first kappa shape index (κ1) is 27.3. The highest BCUT2D eigenvalue weighted by Gasteiger charge is 2.57. The fraction of sp³-hybridized carbons (Fsp3) is 0.276. The Bertz CT molecular complexity index is 1720. The van der Waals surface area contributed by atoms with Gasteiger partial charge in [-0.05, 0) is 72.2 Å².